The molecule has 3 N–H and O–H groups in total. The summed E-state index contributed by atoms with van der Waals surface area (Å²) in [5.74, 6) is -0.981. The highest BCUT2D eigenvalue weighted by Gasteiger charge is 2.25. The van der Waals surface area contributed by atoms with Crippen molar-refractivity contribution in [2.75, 3.05) is 26.4 Å². The number of carbonyl (C=O) groups is 2. The maximum absolute atomic E-state index is 12.6. The molecular weight excluding hydrogens is 762 g/mol. The minimum absolute atomic E-state index is 0.0295. The molecule has 0 spiro atoms. The van der Waals surface area contributed by atoms with Gasteiger partial charge in [0.1, 0.15) is 6.61 Å². The predicted octanol–water partition coefficient (Wildman–Crippen LogP) is 12.7. The molecule has 0 saturated carbocycles. The van der Waals surface area contributed by atoms with Crippen LogP contribution in [0, 0.1) is 0 Å². The predicted molar refractivity (Wildman–Crippen MR) is 247 cm³/mol. The van der Waals surface area contributed by atoms with E-state index in [0.29, 0.717) is 12.8 Å². The fraction of sp³-hybridized carbons (Fsp3) is 0.510. The molecule has 0 aliphatic rings. The minimum Gasteiger partial charge on any atom is -0.462 e. The number of ether oxygens (including phenoxy) is 2. The molecule has 0 rings (SSSR count). The highest BCUT2D eigenvalue weighted by molar-refractivity contribution is 7.47. The zero-order chi connectivity index (χ0) is 43.2. The van der Waals surface area contributed by atoms with E-state index in [1.807, 2.05) is 12.2 Å². The van der Waals surface area contributed by atoms with E-state index < -0.39 is 32.5 Å². The van der Waals surface area contributed by atoms with Crippen LogP contribution in [0.25, 0.3) is 0 Å². The van der Waals surface area contributed by atoms with Crippen LogP contribution in [0.5, 0.6) is 0 Å². The van der Waals surface area contributed by atoms with Crippen molar-refractivity contribution in [1.82, 2.24) is 0 Å². The molecule has 10 heteroatoms. The molecule has 59 heavy (non-hydrogen) atoms. The molecule has 0 heterocycles. The Balaban J connectivity index is 4.38. The number of phosphoric ester groups is 1. The molecule has 0 aromatic carbocycles. The fourth-order valence-corrected chi connectivity index (χ4v) is 5.68. The van der Waals surface area contributed by atoms with Crippen LogP contribution in [0.1, 0.15) is 129 Å². The topological polar surface area (TPSA) is 134 Å². The number of unbranched alkanes of at least 4 members (excludes halogenated alkanes) is 3. The van der Waals surface area contributed by atoms with E-state index in [1.54, 1.807) is 0 Å². The number of nitrogens with two attached hydrogens (primary N) is 1. The van der Waals surface area contributed by atoms with E-state index >= 15 is 0 Å². The van der Waals surface area contributed by atoms with Gasteiger partial charge in [0.15, 0.2) is 6.10 Å². The van der Waals surface area contributed by atoms with Crippen LogP contribution in [0.4, 0.5) is 0 Å². The first kappa shape index (κ1) is 55.2. The Morgan fingerprint density at radius 1 is 0.508 bits per heavy atom. The summed E-state index contributed by atoms with van der Waals surface area (Å²) in [6.07, 6.45) is 60.7. The molecule has 0 aromatic rings. The monoisotopic (exact) mass is 838 g/mol. The summed E-state index contributed by atoms with van der Waals surface area (Å²) in [6.45, 7) is 3.34. The molecule has 0 fully saturated rings. The maximum atomic E-state index is 12.6. The number of hydrogen-bond acceptors (Lipinski definition) is 8. The molecule has 0 radical (unpaired) electrons. The van der Waals surface area contributed by atoms with Crippen LogP contribution in [-0.4, -0.2) is 49.3 Å². The third-order valence-corrected chi connectivity index (χ3v) is 9.03. The summed E-state index contributed by atoms with van der Waals surface area (Å²) in [4.78, 5) is 34.9. The molecule has 0 aliphatic carbocycles. The van der Waals surface area contributed by atoms with Gasteiger partial charge >= 0.3 is 19.8 Å². The molecule has 2 atom stereocenters. The smallest absolute Gasteiger partial charge is 0.462 e. The summed E-state index contributed by atoms with van der Waals surface area (Å²) in [5, 5.41) is 0. The van der Waals surface area contributed by atoms with E-state index in [2.05, 4.69) is 135 Å². The zero-order valence-corrected chi connectivity index (χ0v) is 37.1. The molecule has 0 aliphatic heterocycles. The lowest BCUT2D eigenvalue weighted by molar-refractivity contribution is -0.161. The van der Waals surface area contributed by atoms with Gasteiger partial charge < -0.3 is 20.1 Å². The van der Waals surface area contributed by atoms with Crippen LogP contribution < -0.4 is 5.73 Å². The Hall–Kier alpha value is -3.85. The van der Waals surface area contributed by atoms with Gasteiger partial charge in [0.25, 0.3) is 0 Å². The van der Waals surface area contributed by atoms with Gasteiger partial charge in [-0.15, -0.1) is 0 Å². The SMILES string of the molecule is CC/C=C/C/C=C/C/C=C/C/C=C/C/C=C/C/C=C/CCC(=O)OC[C@H](COP(=O)(O)OCCN)OC(=O)CCCCC/C=C/C/C=C/C/C=C/C/C=C/C/C=C/CC. The van der Waals surface area contributed by atoms with Gasteiger partial charge in [-0.2, -0.15) is 0 Å². The van der Waals surface area contributed by atoms with Crippen molar-refractivity contribution in [1.29, 1.82) is 0 Å². The first-order chi connectivity index (χ1) is 28.8. The van der Waals surface area contributed by atoms with Crippen molar-refractivity contribution in [3.05, 3.63) is 134 Å². The minimum atomic E-state index is -4.42. The van der Waals surface area contributed by atoms with Crippen LogP contribution in [-0.2, 0) is 32.7 Å². The van der Waals surface area contributed by atoms with Crippen molar-refractivity contribution in [2.45, 2.75) is 136 Å². The Morgan fingerprint density at radius 3 is 1.34 bits per heavy atom. The van der Waals surface area contributed by atoms with Crippen molar-refractivity contribution < 1.29 is 37.6 Å². The second-order valence-electron chi connectivity index (χ2n) is 13.4. The largest absolute Gasteiger partial charge is 0.472 e. The number of esters is 2. The number of hydrogen-bond donors (Lipinski definition) is 2. The van der Waals surface area contributed by atoms with Crippen molar-refractivity contribution in [2.24, 2.45) is 5.73 Å². The summed E-state index contributed by atoms with van der Waals surface area (Å²) in [7, 11) is -4.42. The van der Waals surface area contributed by atoms with E-state index in [9.17, 15) is 19.0 Å². The Kier molecular flexibility index (Phi) is 40.9. The second kappa shape index (κ2) is 43.7. The third kappa shape index (κ3) is 43.6. The Bertz CT molecular complexity index is 1420. The molecule has 0 bridgehead atoms. The van der Waals surface area contributed by atoms with Crippen molar-refractivity contribution in [3.63, 3.8) is 0 Å². The molecule has 330 valence electrons. The van der Waals surface area contributed by atoms with Gasteiger partial charge in [-0.3, -0.25) is 18.6 Å². The summed E-state index contributed by atoms with van der Waals surface area (Å²) >= 11 is 0. The lowest BCUT2D eigenvalue weighted by Gasteiger charge is -2.19. The standard InChI is InChI=1S/C49H76NO8P/c1-3-5-7-9-11-13-15-17-19-21-23-25-27-29-31-33-35-37-39-41-48(51)55-45-47(46-57-59(53,54)56-44-43-50)58-49(52)42-40-38-36-34-32-30-28-26-24-22-20-18-16-14-12-10-8-6-4-2/h5-8,11-14,17-20,23-26,29-32,35,37,47H,3-4,9-10,15-16,21-22,27-28,33-34,36,38-46,50H2,1-2H3,(H,53,54)/b7-5+,8-6+,13-11+,14-12+,19-17+,20-18+,25-23+,26-24+,31-29+,32-30+,37-35+/t47-/m1/s1. The summed E-state index contributed by atoms with van der Waals surface area (Å²) in [6, 6.07) is 0. The Labute approximate surface area is 357 Å². The van der Waals surface area contributed by atoms with E-state index in [4.69, 9.17) is 24.3 Å². The number of phosphoric acid groups is 1. The number of allylic oxidation sites excluding steroid dienone is 22. The average Bonchev–Trinajstić information content (AvgIpc) is 3.22. The molecule has 9 nitrogen and oxygen atoms in total. The second-order valence-corrected chi connectivity index (χ2v) is 14.9. The first-order valence-electron chi connectivity index (χ1n) is 21.7. The quantitative estimate of drug-likeness (QED) is 0.0270. The number of carbonyl (C=O) groups excluding carboxylic acids is 2. The maximum Gasteiger partial charge on any atom is 0.472 e. The van der Waals surface area contributed by atoms with Gasteiger partial charge in [-0.05, 0) is 96.3 Å². The molecule has 1 unspecified atom stereocenters. The van der Waals surface area contributed by atoms with Gasteiger partial charge in [0.05, 0.1) is 13.2 Å². The molecular formula is C49H76NO8P. The zero-order valence-electron chi connectivity index (χ0n) is 36.2. The van der Waals surface area contributed by atoms with Crippen LogP contribution in [0.2, 0.25) is 0 Å². The molecule has 0 amide bonds. The van der Waals surface area contributed by atoms with Crippen LogP contribution >= 0.6 is 7.82 Å². The first-order valence-corrected chi connectivity index (χ1v) is 23.2. The van der Waals surface area contributed by atoms with Gasteiger partial charge in [-0.1, -0.05) is 154 Å². The summed E-state index contributed by atoms with van der Waals surface area (Å²) in [5.41, 5.74) is 5.34. The van der Waals surface area contributed by atoms with Gasteiger partial charge in [0.2, 0.25) is 0 Å². The normalized spacial score (nSPS) is 14.6. The average molecular weight is 838 g/mol. The third-order valence-electron chi connectivity index (χ3n) is 8.05. The fourth-order valence-electron chi connectivity index (χ4n) is 4.92. The Morgan fingerprint density at radius 2 is 0.915 bits per heavy atom. The van der Waals surface area contributed by atoms with Gasteiger partial charge in [-0.25, -0.2) is 4.57 Å². The summed E-state index contributed by atoms with van der Waals surface area (Å²) < 4.78 is 32.7. The van der Waals surface area contributed by atoms with Crippen LogP contribution in [0.3, 0.4) is 0 Å². The van der Waals surface area contributed by atoms with Gasteiger partial charge in [0, 0.05) is 19.4 Å². The highest BCUT2D eigenvalue weighted by atomic mass is 31.2. The van der Waals surface area contributed by atoms with Crippen molar-refractivity contribution in [3.8, 4) is 0 Å². The number of rotatable bonds is 38. The van der Waals surface area contributed by atoms with E-state index in [1.165, 1.54) is 0 Å². The molecule has 0 saturated heterocycles. The molecule has 0 aromatic heterocycles. The van der Waals surface area contributed by atoms with E-state index in [0.717, 1.165) is 89.9 Å². The van der Waals surface area contributed by atoms with Crippen molar-refractivity contribution >= 4 is 19.8 Å². The lowest BCUT2D eigenvalue weighted by atomic mass is 10.1. The van der Waals surface area contributed by atoms with Crippen LogP contribution in [0.15, 0.2) is 134 Å². The lowest BCUT2D eigenvalue weighted by Crippen LogP contribution is -2.29. The van der Waals surface area contributed by atoms with E-state index in [-0.39, 0.29) is 32.6 Å². The highest BCUT2D eigenvalue weighted by Crippen LogP contribution is 2.43.